The average molecular weight is 694 g/mol. The van der Waals surface area contributed by atoms with Gasteiger partial charge in [0.1, 0.15) is 0 Å². The summed E-state index contributed by atoms with van der Waals surface area (Å²) < 4.78 is 0.843. The number of nitrogens with one attached hydrogen (secondary N) is 1. The van der Waals surface area contributed by atoms with E-state index in [2.05, 4.69) is 42.0 Å². The van der Waals surface area contributed by atoms with Crippen LogP contribution in [0, 0.1) is 46.3 Å². The van der Waals surface area contributed by atoms with Gasteiger partial charge in [-0.15, -0.1) is 0 Å². The fourth-order valence-electron chi connectivity index (χ4n) is 11.4. The Bertz CT molecular complexity index is 1540. The van der Waals surface area contributed by atoms with Crippen molar-refractivity contribution in [1.82, 2.24) is 10.2 Å². The SMILES string of the molecule is CC(CCC(=O)NCCN1C(=O)c2cccc3c(Br)ccc(c23)C1=O)C1CCC2C3CCC4CC(O)CCC4(C)C3CC(O)C12C. The van der Waals surface area contributed by atoms with Gasteiger partial charge in [0.25, 0.3) is 11.8 Å². The van der Waals surface area contributed by atoms with Crippen LogP contribution in [-0.4, -0.2) is 58.1 Å². The molecule has 3 N–H and O–H groups in total. The molecular formula is C38H49BrN2O5. The van der Waals surface area contributed by atoms with Crippen molar-refractivity contribution < 1.29 is 24.6 Å². The average Bonchev–Trinajstić information content (AvgIpc) is 3.40. The van der Waals surface area contributed by atoms with Gasteiger partial charge in [-0.25, -0.2) is 0 Å². The molecule has 4 fully saturated rings. The van der Waals surface area contributed by atoms with Gasteiger partial charge in [-0.1, -0.05) is 48.8 Å². The standard InChI is InChI=1S/C38H49BrN2O5/c1-21(28-11-12-29-24-9-8-22-19-23(42)15-16-37(22,2)30(24)20-32(43)38(28,29)3)7-14-33(44)40-17-18-41-35(45)26-6-4-5-25-31(39)13-10-27(34(25)26)36(41)46/h4-6,10,13,21-24,28-30,32,42-43H,7-9,11-12,14-20H2,1-3H3,(H,40,44). The van der Waals surface area contributed by atoms with Crippen LogP contribution in [0.5, 0.6) is 0 Å². The number of benzene rings is 2. The molecule has 0 bridgehead atoms. The van der Waals surface area contributed by atoms with Crippen molar-refractivity contribution in [2.24, 2.45) is 46.3 Å². The Labute approximate surface area is 281 Å². The quantitative estimate of drug-likeness (QED) is 0.279. The van der Waals surface area contributed by atoms with E-state index in [-0.39, 0.29) is 53.8 Å². The van der Waals surface area contributed by atoms with Crippen molar-refractivity contribution in [3.05, 3.63) is 45.9 Å². The highest BCUT2D eigenvalue weighted by atomic mass is 79.9. The number of fused-ring (bicyclic) bond motifs is 5. The first-order valence-corrected chi connectivity index (χ1v) is 18.4. The second kappa shape index (κ2) is 12.0. The number of aliphatic hydroxyl groups excluding tert-OH is 2. The molecule has 10 atom stereocenters. The van der Waals surface area contributed by atoms with E-state index in [1.165, 1.54) is 17.7 Å². The van der Waals surface area contributed by atoms with E-state index in [1.807, 2.05) is 18.2 Å². The molecule has 5 aliphatic rings. The summed E-state index contributed by atoms with van der Waals surface area (Å²) in [7, 11) is 0. The number of carbonyl (C=O) groups is 3. The third-order valence-corrected chi connectivity index (χ3v) is 14.6. The zero-order valence-electron chi connectivity index (χ0n) is 27.4. The molecular weight excluding hydrogens is 644 g/mol. The van der Waals surface area contributed by atoms with E-state index in [9.17, 15) is 24.6 Å². The number of hydrogen-bond acceptors (Lipinski definition) is 5. The summed E-state index contributed by atoms with van der Waals surface area (Å²) in [6.45, 7) is 7.40. The number of amides is 3. The molecule has 2 aromatic rings. The van der Waals surface area contributed by atoms with Crippen LogP contribution in [0.3, 0.4) is 0 Å². The first-order chi connectivity index (χ1) is 21.9. The second-order valence-corrected chi connectivity index (χ2v) is 16.7. The number of hydrogen-bond donors (Lipinski definition) is 3. The Balaban J connectivity index is 0.942. The lowest BCUT2D eigenvalue weighted by molar-refractivity contribution is -0.174. The van der Waals surface area contributed by atoms with Crippen molar-refractivity contribution in [3.63, 3.8) is 0 Å². The summed E-state index contributed by atoms with van der Waals surface area (Å²) >= 11 is 3.53. The molecule has 7 nitrogen and oxygen atoms in total. The maximum absolute atomic E-state index is 13.3. The first-order valence-electron chi connectivity index (χ1n) is 17.6. The van der Waals surface area contributed by atoms with E-state index >= 15 is 0 Å². The highest BCUT2D eigenvalue weighted by Crippen LogP contribution is 2.68. The number of nitrogens with zero attached hydrogens (tertiary/aromatic N) is 1. The van der Waals surface area contributed by atoms with Crippen LogP contribution in [0.1, 0.15) is 106 Å². The van der Waals surface area contributed by atoms with Crippen LogP contribution in [-0.2, 0) is 4.79 Å². The molecule has 248 valence electrons. The van der Waals surface area contributed by atoms with Crippen molar-refractivity contribution in [2.75, 3.05) is 13.1 Å². The molecule has 1 heterocycles. The maximum atomic E-state index is 13.3. The molecule has 7 rings (SSSR count). The monoisotopic (exact) mass is 692 g/mol. The first kappa shape index (κ1) is 32.3. The minimum absolute atomic E-state index is 0.0649. The number of carbonyl (C=O) groups excluding carboxylic acids is 3. The molecule has 0 aromatic heterocycles. The Morgan fingerprint density at radius 1 is 1.00 bits per heavy atom. The van der Waals surface area contributed by atoms with Crippen LogP contribution in [0.2, 0.25) is 0 Å². The normalized spacial score (nSPS) is 37.4. The Morgan fingerprint density at radius 3 is 2.54 bits per heavy atom. The van der Waals surface area contributed by atoms with Gasteiger partial charge in [-0.05, 0) is 128 Å². The van der Waals surface area contributed by atoms with Crippen LogP contribution in [0.4, 0.5) is 0 Å². The second-order valence-electron chi connectivity index (χ2n) is 15.8. The summed E-state index contributed by atoms with van der Waals surface area (Å²) in [4.78, 5) is 40.8. The van der Waals surface area contributed by atoms with Crippen molar-refractivity contribution >= 4 is 44.4 Å². The summed E-state index contributed by atoms with van der Waals surface area (Å²) in [5.74, 6) is 2.24. The van der Waals surface area contributed by atoms with Gasteiger partial charge in [-0.2, -0.15) is 0 Å². The van der Waals surface area contributed by atoms with Crippen LogP contribution >= 0.6 is 15.9 Å². The lowest BCUT2D eigenvalue weighted by atomic mass is 9.43. The largest absolute Gasteiger partial charge is 0.393 e. The summed E-state index contributed by atoms with van der Waals surface area (Å²) in [5, 5.41) is 26.7. The van der Waals surface area contributed by atoms with Crippen LogP contribution < -0.4 is 5.32 Å². The summed E-state index contributed by atoms with van der Waals surface area (Å²) in [6, 6.07) is 9.06. The Kier molecular flexibility index (Phi) is 8.41. The minimum atomic E-state index is -0.332. The highest BCUT2D eigenvalue weighted by Gasteiger charge is 2.63. The molecule has 4 saturated carbocycles. The summed E-state index contributed by atoms with van der Waals surface area (Å²) in [6.07, 6.45) is 9.09. The smallest absolute Gasteiger partial charge is 0.261 e. The van der Waals surface area contributed by atoms with Gasteiger partial charge in [0.15, 0.2) is 0 Å². The molecule has 0 saturated heterocycles. The third kappa shape index (κ3) is 4.99. The van der Waals surface area contributed by atoms with E-state index in [4.69, 9.17) is 0 Å². The molecule has 2 aromatic carbocycles. The van der Waals surface area contributed by atoms with Crippen molar-refractivity contribution in [3.8, 4) is 0 Å². The van der Waals surface area contributed by atoms with E-state index in [0.717, 1.165) is 54.8 Å². The van der Waals surface area contributed by atoms with Gasteiger partial charge in [0.05, 0.1) is 12.2 Å². The number of aliphatic hydroxyl groups is 2. The zero-order chi connectivity index (χ0) is 32.5. The van der Waals surface area contributed by atoms with Gasteiger partial charge in [0, 0.05) is 40.5 Å². The highest BCUT2D eigenvalue weighted by molar-refractivity contribution is 9.10. The fourth-order valence-corrected chi connectivity index (χ4v) is 11.9. The van der Waals surface area contributed by atoms with Crippen LogP contribution in [0.25, 0.3) is 10.8 Å². The number of halogens is 1. The van der Waals surface area contributed by atoms with Crippen molar-refractivity contribution in [2.45, 2.75) is 97.2 Å². The van der Waals surface area contributed by atoms with Gasteiger partial charge in [0.2, 0.25) is 5.91 Å². The molecule has 46 heavy (non-hydrogen) atoms. The third-order valence-electron chi connectivity index (χ3n) is 13.9. The lowest BCUT2D eigenvalue weighted by Crippen LogP contribution is -2.58. The zero-order valence-corrected chi connectivity index (χ0v) is 29.0. The topological polar surface area (TPSA) is 107 Å². The van der Waals surface area contributed by atoms with Gasteiger partial charge in [-0.3, -0.25) is 19.3 Å². The van der Waals surface area contributed by atoms with E-state index in [0.29, 0.717) is 58.4 Å². The van der Waals surface area contributed by atoms with Crippen molar-refractivity contribution in [1.29, 1.82) is 0 Å². The molecule has 0 spiro atoms. The lowest BCUT2D eigenvalue weighted by Gasteiger charge is -2.62. The molecule has 0 radical (unpaired) electrons. The predicted molar refractivity (Wildman–Crippen MR) is 181 cm³/mol. The Morgan fingerprint density at radius 2 is 1.76 bits per heavy atom. The van der Waals surface area contributed by atoms with Crippen LogP contribution in [0.15, 0.2) is 34.8 Å². The summed E-state index contributed by atoms with van der Waals surface area (Å²) in [5.41, 5.74) is 1.11. The molecule has 8 heteroatoms. The number of rotatable bonds is 7. The Hall–Kier alpha value is -2.29. The molecule has 3 amide bonds. The number of imide groups is 1. The van der Waals surface area contributed by atoms with Gasteiger partial charge < -0.3 is 15.5 Å². The van der Waals surface area contributed by atoms with E-state index < -0.39 is 0 Å². The molecule has 10 unspecified atom stereocenters. The van der Waals surface area contributed by atoms with Gasteiger partial charge >= 0.3 is 0 Å². The predicted octanol–water partition coefficient (Wildman–Crippen LogP) is 6.72. The fraction of sp³-hybridized carbons (Fsp3) is 0.658. The molecule has 4 aliphatic carbocycles. The molecule has 1 aliphatic heterocycles. The van der Waals surface area contributed by atoms with E-state index in [1.54, 1.807) is 12.1 Å². The maximum Gasteiger partial charge on any atom is 0.261 e. The minimum Gasteiger partial charge on any atom is -0.393 e.